The molecule has 0 aromatic heterocycles. The second-order valence-electron chi connectivity index (χ2n) is 5.56. The van der Waals surface area contributed by atoms with Crippen molar-refractivity contribution in [3.05, 3.63) is 48.3 Å². The zero-order valence-corrected chi connectivity index (χ0v) is 16.0. The number of hydrogen-bond acceptors (Lipinski definition) is 5. The van der Waals surface area contributed by atoms with Gasteiger partial charge in [0.15, 0.2) is 0 Å². The first-order chi connectivity index (χ1) is 12.8. The van der Waals surface area contributed by atoms with Crippen molar-refractivity contribution in [3.8, 4) is 11.5 Å². The summed E-state index contributed by atoms with van der Waals surface area (Å²) in [7, 11) is -1.10. The maximum Gasteiger partial charge on any atom is 0.244 e. The van der Waals surface area contributed by atoms with Crippen molar-refractivity contribution in [3.63, 3.8) is 0 Å². The average Bonchev–Trinajstić information content (AvgIpc) is 2.65. The van der Waals surface area contributed by atoms with Gasteiger partial charge in [0, 0.05) is 31.8 Å². The third-order valence-corrected chi connectivity index (χ3v) is 5.29. The molecule has 1 N–H and O–H groups in total. The normalized spacial score (nSPS) is 11.1. The molecule has 9 heteroatoms. The highest BCUT2D eigenvalue weighted by atomic mass is 32.2. The van der Waals surface area contributed by atoms with Crippen LogP contribution in [0.5, 0.6) is 11.5 Å². The van der Waals surface area contributed by atoms with Crippen molar-refractivity contribution < 1.29 is 27.1 Å². The molecule has 0 aliphatic heterocycles. The van der Waals surface area contributed by atoms with Crippen LogP contribution in [0.4, 0.5) is 10.1 Å². The molecule has 0 aliphatic rings. The van der Waals surface area contributed by atoms with Gasteiger partial charge in [-0.1, -0.05) is 0 Å². The molecule has 146 valence electrons. The molecule has 2 aromatic carbocycles. The number of carbonyl (C=O) groups excluding carboxylic acids is 1. The van der Waals surface area contributed by atoms with Gasteiger partial charge in [0.05, 0.1) is 14.2 Å². The zero-order chi connectivity index (χ0) is 20.0. The van der Waals surface area contributed by atoms with Gasteiger partial charge in [-0.05, 0) is 36.4 Å². The Morgan fingerprint density at radius 3 is 2.33 bits per heavy atom. The van der Waals surface area contributed by atoms with Crippen LogP contribution >= 0.6 is 0 Å². The summed E-state index contributed by atoms with van der Waals surface area (Å²) in [5.74, 6) is -0.175. The van der Waals surface area contributed by atoms with E-state index in [4.69, 9.17) is 9.47 Å². The molecule has 7 nitrogen and oxygen atoms in total. The summed E-state index contributed by atoms with van der Waals surface area (Å²) in [5, 5.41) is 0. The van der Waals surface area contributed by atoms with E-state index in [1.54, 1.807) is 6.07 Å². The molecule has 0 fully saturated rings. The molecule has 0 saturated heterocycles. The van der Waals surface area contributed by atoms with Gasteiger partial charge in [-0.3, -0.25) is 4.79 Å². The van der Waals surface area contributed by atoms with Gasteiger partial charge in [0.2, 0.25) is 15.9 Å². The molecule has 2 aromatic rings. The number of sulfonamides is 1. The number of benzene rings is 2. The number of anilines is 1. The standard InChI is InChI=1S/C18H21FN2O5S/c1-13(22)21(15-6-4-14(19)5-7-15)11-10-20-27(23,24)18-12-16(25-2)8-9-17(18)26-3/h4-9,12,20H,10-11H2,1-3H3. The highest BCUT2D eigenvalue weighted by Gasteiger charge is 2.21. The first-order valence-corrected chi connectivity index (χ1v) is 9.52. The second kappa shape index (κ2) is 8.83. The van der Waals surface area contributed by atoms with Crippen LogP contribution in [0.15, 0.2) is 47.4 Å². The van der Waals surface area contributed by atoms with E-state index in [2.05, 4.69) is 4.72 Å². The van der Waals surface area contributed by atoms with Crippen LogP contribution in [0.3, 0.4) is 0 Å². The van der Waals surface area contributed by atoms with E-state index >= 15 is 0 Å². The van der Waals surface area contributed by atoms with Crippen LogP contribution in [0.2, 0.25) is 0 Å². The number of nitrogens with zero attached hydrogens (tertiary/aromatic N) is 1. The van der Waals surface area contributed by atoms with Crippen LogP contribution in [-0.2, 0) is 14.8 Å². The van der Waals surface area contributed by atoms with E-state index < -0.39 is 15.8 Å². The maximum atomic E-state index is 13.1. The first-order valence-electron chi connectivity index (χ1n) is 8.04. The van der Waals surface area contributed by atoms with E-state index in [0.717, 1.165) is 0 Å². The fourth-order valence-electron chi connectivity index (χ4n) is 2.45. The number of methoxy groups -OCH3 is 2. The van der Waals surface area contributed by atoms with Gasteiger partial charge in [0.25, 0.3) is 0 Å². The van der Waals surface area contributed by atoms with Crippen molar-refractivity contribution in [1.82, 2.24) is 4.72 Å². The molecule has 27 heavy (non-hydrogen) atoms. The van der Waals surface area contributed by atoms with Gasteiger partial charge in [-0.25, -0.2) is 17.5 Å². The Kier molecular flexibility index (Phi) is 6.75. The molecule has 1 amide bonds. The minimum absolute atomic E-state index is 0.0420. The molecule has 0 spiro atoms. The number of carbonyl (C=O) groups is 1. The quantitative estimate of drug-likeness (QED) is 0.739. The fourth-order valence-corrected chi connectivity index (χ4v) is 3.66. The van der Waals surface area contributed by atoms with Gasteiger partial charge < -0.3 is 14.4 Å². The van der Waals surface area contributed by atoms with Crippen LogP contribution in [0, 0.1) is 5.82 Å². The average molecular weight is 396 g/mol. The predicted octanol–water partition coefficient (Wildman–Crippen LogP) is 2.17. The largest absolute Gasteiger partial charge is 0.497 e. The second-order valence-corrected chi connectivity index (χ2v) is 7.30. The van der Waals surface area contributed by atoms with Crippen molar-refractivity contribution in [2.45, 2.75) is 11.8 Å². The number of rotatable bonds is 8. The number of halogens is 1. The Balaban J connectivity index is 2.14. The Hall–Kier alpha value is -2.65. The third-order valence-electron chi connectivity index (χ3n) is 3.81. The molecule has 0 saturated carbocycles. The monoisotopic (exact) mass is 396 g/mol. The van der Waals surface area contributed by atoms with Gasteiger partial charge in [-0.15, -0.1) is 0 Å². The van der Waals surface area contributed by atoms with Crippen molar-refractivity contribution in [1.29, 1.82) is 0 Å². The van der Waals surface area contributed by atoms with Gasteiger partial charge in [-0.2, -0.15) is 0 Å². The van der Waals surface area contributed by atoms with E-state index in [1.807, 2.05) is 0 Å². The predicted molar refractivity (Wildman–Crippen MR) is 99.2 cm³/mol. The summed E-state index contributed by atoms with van der Waals surface area (Å²) < 4.78 is 50.9. The number of amides is 1. The van der Waals surface area contributed by atoms with Gasteiger partial charge >= 0.3 is 0 Å². The van der Waals surface area contributed by atoms with Crippen LogP contribution in [0.1, 0.15) is 6.92 Å². The smallest absolute Gasteiger partial charge is 0.244 e. The first kappa shape index (κ1) is 20.7. The fraction of sp³-hybridized carbons (Fsp3) is 0.278. The highest BCUT2D eigenvalue weighted by Crippen LogP contribution is 2.28. The third kappa shape index (κ3) is 5.18. The zero-order valence-electron chi connectivity index (χ0n) is 15.2. The van der Waals surface area contributed by atoms with E-state index in [-0.39, 0.29) is 29.6 Å². The summed E-state index contributed by atoms with van der Waals surface area (Å²) in [5.41, 5.74) is 0.474. The summed E-state index contributed by atoms with van der Waals surface area (Å²) in [6.45, 7) is 1.38. The van der Waals surface area contributed by atoms with E-state index in [9.17, 15) is 17.6 Å². The molecular formula is C18H21FN2O5S. The molecule has 2 rings (SSSR count). The van der Waals surface area contributed by atoms with Crippen LogP contribution in [0.25, 0.3) is 0 Å². The van der Waals surface area contributed by atoms with Gasteiger partial charge in [0.1, 0.15) is 22.2 Å². The topological polar surface area (TPSA) is 84.9 Å². The van der Waals surface area contributed by atoms with E-state index in [1.165, 1.54) is 62.4 Å². The SMILES string of the molecule is COc1ccc(OC)c(S(=O)(=O)NCCN(C(C)=O)c2ccc(F)cc2)c1. The molecule has 0 bridgehead atoms. The maximum absolute atomic E-state index is 13.1. The molecule has 0 aliphatic carbocycles. The molecule has 0 radical (unpaired) electrons. The summed E-state index contributed by atoms with van der Waals surface area (Å²) >= 11 is 0. The van der Waals surface area contributed by atoms with Crippen LogP contribution in [-0.4, -0.2) is 41.6 Å². The lowest BCUT2D eigenvalue weighted by molar-refractivity contribution is -0.116. The summed E-state index contributed by atoms with van der Waals surface area (Å²) in [6, 6.07) is 9.81. The number of ether oxygens (including phenoxy) is 2. The van der Waals surface area contributed by atoms with Crippen molar-refractivity contribution in [2.75, 3.05) is 32.2 Å². The van der Waals surface area contributed by atoms with Crippen LogP contribution < -0.4 is 19.1 Å². The minimum atomic E-state index is -3.90. The lowest BCUT2D eigenvalue weighted by atomic mass is 10.2. The van der Waals surface area contributed by atoms with E-state index in [0.29, 0.717) is 11.4 Å². The lowest BCUT2D eigenvalue weighted by Crippen LogP contribution is -2.37. The summed E-state index contributed by atoms with van der Waals surface area (Å²) in [4.78, 5) is 13.1. The Morgan fingerprint density at radius 1 is 1.11 bits per heavy atom. The molecular weight excluding hydrogens is 375 g/mol. The molecule has 0 unspecified atom stereocenters. The van der Waals surface area contributed by atoms with Crippen molar-refractivity contribution in [2.24, 2.45) is 0 Å². The Bertz CT molecular complexity index is 900. The lowest BCUT2D eigenvalue weighted by Gasteiger charge is -2.21. The Morgan fingerprint density at radius 2 is 1.78 bits per heavy atom. The van der Waals surface area contributed by atoms with Crippen molar-refractivity contribution >= 4 is 21.6 Å². The number of hydrogen-bond donors (Lipinski definition) is 1. The highest BCUT2D eigenvalue weighted by molar-refractivity contribution is 7.89. The summed E-state index contributed by atoms with van der Waals surface area (Å²) in [6.07, 6.45) is 0. The Labute approximate surface area is 157 Å². The molecule has 0 atom stereocenters. The number of nitrogens with one attached hydrogen (secondary N) is 1. The molecule has 0 heterocycles. The minimum Gasteiger partial charge on any atom is -0.497 e.